The van der Waals surface area contributed by atoms with Gasteiger partial charge in [-0.05, 0) is 38.1 Å². The molecule has 0 radical (unpaired) electrons. The standard InChI is InChI=1S/C13H21N3O2.C4H4O4/c17-12-11-6-10(7-14-8-11)9-16(12)13(18)15-4-2-1-3-5-15;5-3(6)1-2-4(7)8/h10-11,14H,1-9H2;1-2H,(H,5,6)(H,7,8)/b;2-1+. The van der Waals surface area contributed by atoms with Crippen LogP contribution in [0.25, 0.3) is 0 Å². The molecule has 2 unspecified atom stereocenters. The van der Waals surface area contributed by atoms with Crippen molar-refractivity contribution in [3.63, 3.8) is 0 Å². The van der Waals surface area contributed by atoms with E-state index >= 15 is 0 Å². The Bertz CT molecular complexity index is 569. The number of imide groups is 1. The molecule has 0 aromatic rings. The Morgan fingerprint density at radius 3 is 2.19 bits per heavy atom. The van der Waals surface area contributed by atoms with Crippen LogP contribution in [-0.2, 0) is 14.4 Å². The quantitative estimate of drug-likeness (QED) is 0.602. The van der Waals surface area contributed by atoms with Gasteiger partial charge in [-0.15, -0.1) is 0 Å². The predicted octanol–water partition coefficient (Wildman–Crippen LogP) is 0.372. The number of aliphatic carboxylic acids is 2. The Morgan fingerprint density at radius 1 is 1.00 bits per heavy atom. The lowest BCUT2D eigenvalue weighted by atomic mass is 9.85. The van der Waals surface area contributed by atoms with E-state index in [0.29, 0.717) is 24.6 Å². The summed E-state index contributed by atoms with van der Waals surface area (Å²) in [6.45, 7) is 3.91. The molecule has 0 aromatic heterocycles. The van der Waals surface area contributed by atoms with Crippen molar-refractivity contribution >= 4 is 23.9 Å². The monoisotopic (exact) mass is 367 g/mol. The fourth-order valence-corrected chi connectivity index (χ4v) is 3.50. The van der Waals surface area contributed by atoms with Crippen molar-refractivity contribution in [2.45, 2.75) is 25.7 Å². The van der Waals surface area contributed by atoms with Crippen LogP contribution in [0.1, 0.15) is 25.7 Å². The topological polar surface area (TPSA) is 127 Å². The number of piperidine rings is 3. The van der Waals surface area contributed by atoms with Crippen molar-refractivity contribution in [2.75, 3.05) is 32.7 Å². The number of fused-ring (bicyclic) bond motifs is 2. The summed E-state index contributed by atoms with van der Waals surface area (Å²) in [6.07, 6.45) is 5.41. The number of nitrogens with zero attached hydrogens (tertiary/aromatic N) is 2. The van der Waals surface area contributed by atoms with Gasteiger partial charge in [-0.2, -0.15) is 0 Å². The minimum Gasteiger partial charge on any atom is -0.478 e. The van der Waals surface area contributed by atoms with Crippen molar-refractivity contribution in [3.05, 3.63) is 12.2 Å². The SMILES string of the molecule is O=C(O)/C=C/C(=O)O.O=C1C2CNCC(C2)CN1C(=O)N1CCCCC1. The number of carboxylic acids is 2. The minimum atomic E-state index is -1.26. The zero-order valence-corrected chi connectivity index (χ0v) is 14.6. The number of amides is 3. The first-order chi connectivity index (χ1) is 12.4. The van der Waals surface area contributed by atoms with Gasteiger partial charge in [0.2, 0.25) is 5.91 Å². The van der Waals surface area contributed by atoms with E-state index in [1.54, 1.807) is 0 Å². The molecule has 3 amide bonds. The highest BCUT2D eigenvalue weighted by Gasteiger charge is 2.40. The molecule has 2 atom stereocenters. The van der Waals surface area contributed by atoms with E-state index in [9.17, 15) is 19.2 Å². The molecular weight excluding hydrogens is 342 g/mol. The number of urea groups is 1. The zero-order chi connectivity index (χ0) is 19.1. The molecular formula is C17H25N3O6. The van der Waals surface area contributed by atoms with Crippen LogP contribution < -0.4 is 5.32 Å². The van der Waals surface area contributed by atoms with Gasteiger partial charge in [0, 0.05) is 38.3 Å². The van der Waals surface area contributed by atoms with Crippen LogP contribution in [0, 0.1) is 11.8 Å². The van der Waals surface area contributed by atoms with Crippen molar-refractivity contribution in [2.24, 2.45) is 11.8 Å². The second-order valence-corrected chi connectivity index (χ2v) is 6.75. The maximum absolute atomic E-state index is 12.4. The number of carbonyl (C=O) groups excluding carboxylic acids is 2. The third-order valence-corrected chi connectivity index (χ3v) is 4.72. The third-order valence-electron chi connectivity index (χ3n) is 4.72. The summed E-state index contributed by atoms with van der Waals surface area (Å²) in [4.78, 5) is 47.1. The number of carboxylic acid groups (broad SMARTS) is 2. The van der Waals surface area contributed by atoms with Crippen molar-refractivity contribution in [3.8, 4) is 0 Å². The van der Waals surface area contributed by atoms with Crippen LogP contribution in [0.4, 0.5) is 4.79 Å². The van der Waals surface area contributed by atoms with Gasteiger partial charge in [-0.3, -0.25) is 9.69 Å². The Morgan fingerprint density at radius 2 is 1.62 bits per heavy atom. The lowest BCUT2D eigenvalue weighted by Gasteiger charge is -2.42. The largest absolute Gasteiger partial charge is 0.478 e. The molecule has 3 N–H and O–H groups in total. The van der Waals surface area contributed by atoms with Gasteiger partial charge >= 0.3 is 18.0 Å². The van der Waals surface area contributed by atoms with Gasteiger partial charge in [0.1, 0.15) is 0 Å². The summed E-state index contributed by atoms with van der Waals surface area (Å²) < 4.78 is 0. The molecule has 0 aliphatic carbocycles. The smallest absolute Gasteiger partial charge is 0.328 e. The molecule has 3 saturated heterocycles. The van der Waals surface area contributed by atoms with Gasteiger partial charge in [0.05, 0.1) is 5.92 Å². The van der Waals surface area contributed by atoms with Crippen molar-refractivity contribution in [1.29, 1.82) is 0 Å². The van der Waals surface area contributed by atoms with Crippen LogP contribution in [0.5, 0.6) is 0 Å². The van der Waals surface area contributed by atoms with E-state index in [1.807, 2.05) is 4.90 Å². The third kappa shape index (κ3) is 5.55. The number of carbonyl (C=O) groups is 4. The number of likely N-dealkylation sites (tertiary alicyclic amines) is 2. The molecule has 144 valence electrons. The number of nitrogens with one attached hydrogen (secondary N) is 1. The van der Waals surface area contributed by atoms with Gasteiger partial charge in [0.25, 0.3) is 0 Å². The molecule has 9 heteroatoms. The number of hydrogen-bond donors (Lipinski definition) is 3. The maximum atomic E-state index is 12.4. The van der Waals surface area contributed by atoms with Crippen LogP contribution >= 0.6 is 0 Å². The lowest BCUT2D eigenvalue weighted by Crippen LogP contribution is -2.59. The van der Waals surface area contributed by atoms with E-state index in [2.05, 4.69) is 5.32 Å². The zero-order valence-electron chi connectivity index (χ0n) is 14.6. The fraction of sp³-hybridized carbons (Fsp3) is 0.647. The molecule has 3 aliphatic heterocycles. The molecule has 26 heavy (non-hydrogen) atoms. The van der Waals surface area contributed by atoms with E-state index in [0.717, 1.165) is 45.4 Å². The van der Waals surface area contributed by atoms with Crippen LogP contribution in [-0.4, -0.2) is 76.6 Å². The van der Waals surface area contributed by atoms with Crippen LogP contribution in [0.2, 0.25) is 0 Å². The first-order valence-corrected chi connectivity index (χ1v) is 8.83. The summed E-state index contributed by atoms with van der Waals surface area (Å²) in [6, 6.07) is -0.0451. The second kappa shape index (κ2) is 9.33. The van der Waals surface area contributed by atoms with Crippen molar-refractivity contribution < 1.29 is 29.4 Å². The minimum absolute atomic E-state index is 0.0197. The van der Waals surface area contributed by atoms with Gasteiger partial charge < -0.3 is 20.4 Å². The summed E-state index contributed by atoms with van der Waals surface area (Å²) in [5.74, 6) is -2.00. The van der Waals surface area contributed by atoms with Crippen LogP contribution in [0.15, 0.2) is 12.2 Å². The van der Waals surface area contributed by atoms with Crippen molar-refractivity contribution in [1.82, 2.24) is 15.1 Å². The average molecular weight is 367 g/mol. The number of hydrogen-bond acceptors (Lipinski definition) is 5. The molecule has 9 nitrogen and oxygen atoms in total. The number of rotatable bonds is 2. The highest BCUT2D eigenvalue weighted by molar-refractivity contribution is 5.96. The molecule has 0 aromatic carbocycles. The highest BCUT2D eigenvalue weighted by Crippen LogP contribution is 2.27. The average Bonchev–Trinajstić information content (AvgIpc) is 2.64. The molecule has 3 heterocycles. The summed E-state index contributed by atoms with van der Waals surface area (Å²) in [5.41, 5.74) is 0. The summed E-state index contributed by atoms with van der Waals surface area (Å²) in [5, 5.41) is 18.9. The molecule has 3 fully saturated rings. The Balaban J connectivity index is 0.000000260. The van der Waals surface area contributed by atoms with E-state index in [-0.39, 0.29) is 17.9 Å². The normalized spacial score (nSPS) is 25.5. The summed E-state index contributed by atoms with van der Waals surface area (Å²) in [7, 11) is 0. The first kappa shape index (κ1) is 19.9. The van der Waals surface area contributed by atoms with E-state index < -0.39 is 11.9 Å². The predicted molar refractivity (Wildman–Crippen MR) is 91.4 cm³/mol. The lowest BCUT2D eigenvalue weighted by molar-refractivity contribution is -0.138. The van der Waals surface area contributed by atoms with Gasteiger partial charge in [0.15, 0.2) is 0 Å². The van der Waals surface area contributed by atoms with Gasteiger partial charge in [-0.25, -0.2) is 14.4 Å². The fourth-order valence-electron chi connectivity index (χ4n) is 3.50. The van der Waals surface area contributed by atoms with Gasteiger partial charge in [-0.1, -0.05) is 0 Å². The molecule has 0 spiro atoms. The van der Waals surface area contributed by atoms with E-state index in [1.165, 1.54) is 11.3 Å². The molecule has 3 rings (SSSR count). The Hall–Kier alpha value is -2.42. The maximum Gasteiger partial charge on any atom is 0.328 e. The summed E-state index contributed by atoms with van der Waals surface area (Å²) >= 11 is 0. The molecule has 2 bridgehead atoms. The van der Waals surface area contributed by atoms with E-state index in [4.69, 9.17) is 10.2 Å². The second-order valence-electron chi connectivity index (χ2n) is 6.75. The first-order valence-electron chi connectivity index (χ1n) is 8.83. The Labute approximate surface area is 151 Å². The molecule has 3 aliphatic rings. The highest BCUT2D eigenvalue weighted by atomic mass is 16.4. The van der Waals surface area contributed by atoms with Crippen LogP contribution in [0.3, 0.4) is 0 Å². The Kier molecular flexibility index (Phi) is 7.14. The molecule has 0 saturated carbocycles.